The quantitative estimate of drug-likeness (QED) is 0.529. The number of halogens is 1. The minimum atomic E-state index is -1.30. The van der Waals surface area contributed by atoms with Gasteiger partial charge in [0.2, 0.25) is 5.91 Å². The van der Waals surface area contributed by atoms with Crippen molar-refractivity contribution in [3.8, 4) is 0 Å². The lowest BCUT2D eigenvalue weighted by Gasteiger charge is -2.39. The summed E-state index contributed by atoms with van der Waals surface area (Å²) in [5.74, 6) is -4.09. The number of hydrogen-bond acceptors (Lipinski definition) is 5. The number of amides is 2. The number of rotatable bonds is 8. The van der Waals surface area contributed by atoms with Gasteiger partial charge in [0, 0.05) is 17.3 Å². The fourth-order valence-electron chi connectivity index (χ4n) is 6.24. The molecular weight excluding hydrogens is 484 g/mol. The molecule has 0 radical (unpaired) electrons. The molecule has 36 heavy (non-hydrogen) atoms. The number of benzene rings is 2. The van der Waals surface area contributed by atoms with Gasteiger partial charge >= 0.3 is 5.97 Å². The first-order valence-electron chi connectivity index (χ1n) is 11.9. The number of carboxylic acids is 1. The molecular formula is C27H27ClN2O6. The van der Waals surface area contributed by atoms with Crippen molar-refractivity contribution in [3.05, 3.63) is 77.8 Å². The van der Waals surface area contributed by atoms with Crippen LogP contribution in [-0.4, -0.2) is 63.8 Å². The van der Waals surface area contributed by atoms with E-state index in [2.05, 4.69) is 6.58 Å². The molecule has 2 bridgehead atoms. The molecule has 0 aliphatic carbocycles. The summed E-state index contributed by atoms with van der Waals surface area (Å²) >= 11 is 6.06. The van der Waals surface area contributed by atoms with Crippen molar-refractivity contribution >= 4 is 35.1 Å². The first-order valence-corrected chi connectivity index (χ1v) is 12.3. The molecule has 1 spiro atoms. The van der Waals surface area contributed by atoms with Gasteiger partial charge in [-0.25, -0.2) is 0 Å². The Bertz CT molecular complexity index is 1190. The van der Waals surface area contributed by atoms with Crippen LogP contribution >= 0.6 is 11.6 Å². The highest BCUT2D eigenvalue weighted by molar-refractivity contribution is 6.30. The zero-order valence-electron chi connectivity index (χ0n) is 19.5. The van der Waals surface area contributed by atoms with Gasteiger partial charge in [0.1, 0.15) is 11.6 Å². The Balaban J connectivity index is 1.65. The molecule has 5 rings (SSSR count). The summed E-state index contributed by atoms with van der Waals surface area (Å²) in [5.41, 5.74) is -0.0968. The van der Waals surface area contributed by atoms with Gasteiger partial charge in [0.05, 0.1) is 30.6 Å². The summed E-state index contributed by atoms with van der Waals surface area (Å²) in [6.07, 6.45) is 1.76. The number of carbonyl (C=O) groups is 3. The SMILES string of the molecule is C=CCN(C(=O)[C@@H]1N([C@H](CO)c2ccccc2)C(=O)[C@H]2[C@H](C(=O)O)[C@@H]3CC[C@]12O3)c1ccc(Cl)cc1. The van der Waals surface area contributed by atoms with E-state index < -0.39 is 60.0 Å². The molecule has 3 aliphatic rings. The number of ether oxygens (including phenoxy) is 1. The lowest BCUT2D eigenvalue weighted by molar-refractivity contribution is -0.151. The highest BCUT2D eigenvalue weighted by Gasteiger charge is 2.75. The number of anilines is 1. The van der Waals surface area contributed by atoms with Crippen molar-refractivity contribution in [2.75, 3.05) is 18.1 Å². The molecule has 188 valence electrons. The number of aliphatic hydroxyl groups is 1. The van der Waals surface area contributed by atoms with Crippen LogP contribution in [0.15, 0.2) is 67.3 Å². The molecule has 8 nitrogen and oxygen atoms in total. The standard InChI is InChI=1S/C27H27ClN2O6/c1-2-14-29(18-10-8-17(28)9-11-18)25(33)23-27-13-12-20(36-27)21(26(34)35)22(27)24(32)30(23)19(15-31)16-6-4-3-5-7-16/h2-11,19-23,31H,1,12-15H2,(H,34,35)/t19-,20+,21-,22-,23+,27-/m1/s1. The third-order valence-corrected chi connectivity index (χ3v) is 7.92. The number of carbonyl (C=O) groups excluding carboxylic acids is 2. The maximum atomic E-state index is 14.4. The lowest BCUT2D eigenvalue weighted by atomic mass is 9.70. The summed E-state index contributed by atoms with van der Waals surface area (Å²) < 4.78 is 6.29. The molecule has 3 saturated heterocycles. The molecule has 6 atom stereocenters. The van der Waals surface area contributed by atoms with Gasteiger partial charge < -0.3 is 24.7 Å². The molecule has 2 aromatic carbocycles. The molecule has 3 aliphatic heterocycles. The Labute approximate surface area is 213 Å². The third kappa shape index (κ3) is 3.63. The number of nitrogens with zero attached hydrogens (tertiary/aromatic N) is 2. The van der Waals surface area contributed by atoms with Crippen LogP contribution in [0.5, 0.6) is 0 Å². The van der Waals surface area contributed by atoms with Gasteiger partial charge in [-0.3, -0.25) is 14.4 Å². The molecule has 0 unspecified atom stereocenters. The van der Waals surface area contributed by atoms with E-state index >= 15 is 0 Å². The molecule has 9 heteroatoms. The first kappa shape index (κ1) is 24.5. The molecule has 0 saturated carbocycles. The Morgan fingerprint density at radius 2 is 1.92 bits per heavy atom. The van der Waals surface area contributed by atoms with Crippen molar-refractivity contribution in [1.82, 2.24) is 4.90 Å². The second-order valence-corrected chi connectivity index (χ2v) is 9.90. The highest BCUT2D eigenvalue weighted by atomic mass is 35.5. The van der Waals surface area contributed by atoms with Crippen LogP contribution in [0.3, 0.4) is 0 Å². The number of aliphatic hydroxyl groups excluding tert-OH is 1. The third-order valence-electron chi connectivity index (χ3n) is 7.67. The minimum Gasteiger partial charge on any atom is -0.481 e. The Hall–Kier alpha value is -3.20. The van der Waals surface area contributed by atoms with Gasteiger partial charge in [0.25, 0.3) is 5.91 Å². The fourth-order valence-corrected chi connectivity index (χ4v) is 6.36. The Kier molecular flexibility index (Phi) is 6.36. The molecule has 3 heterocycles. The zero-order chi connectivity index (χ0) is 25.6. The van der Waals surface area contributed by atoms with Crippen LogP contribution in [0.4, 0.5) is 5.69 Å². The molecule has 2 N–H and O–H groups in total. The Morgan fingerprint density at radius 1 is 1.22 bits per heavy atom. The molecule has 0 aromatic heterocycles. The average Bonchev–Trinajstić information content (AvgIpc) is 3.52. The normalized spacial score (nSPS) is 29.2. The monoisotopic (exact) mass is 510 g/mol. The largest absolute Gasteiger partial charge is 0.481 e. The van der Waals surface area contributed by atoms with E-state index in [1.165, 1.54) is 9.80 Å². The van der Waals surface area contributed by atoms with Gasteiger partial charge in [-0.1, -0.05) is 48.0 Å². The summed E-state index contributed by atoms with van der Waals surface area (Å²) in [6, 6.07) is 13.7. The average molecular weight is 511 g/mol. The predicted octanol–water partition coefficient (Wildman–Crippen LogP) is 3.05. The van der Waals surface area contributed by atoms with Crippen molar-refractivity contribution in [2.45, 2.75) is 36.6 Å². The minimum absolute atomic E-state index is 0.153. The molecule has 2 amide bonds. The van der Waals surface area contributed by atoms with Crippen molar-refractivity contribution in [1.29, 1.82) is 0 Å². The Morgan fingerprint density at radius 3 is 2.53 bits per heavy atom. The highest BCUT2D eigenvalue weighted by Crippen LogP contribution is 2.60. The zero-order valence-corrected chi connectivity index (χ0v) is 20.3. The lowest BCUT2D eigenvalue weighted by Crippen LogP contribution is -2.57. The number of carboxylic acid groups (broad SMARTS) is 1. The van der Waals surface area contributed by atoms with E-state index in [1.54, 1.807) is 54.6 Å². The van der Waals surface area contributed by atoms with Gasteiger partial charge in [-0.05, 0) is 42.7 Å². The van der Waals surface area contributed by atoms with Crippen LogP contribution in [0.2, 0.25) is 5.02 Å². The van der Waals surface area contributed by atoms with E-state index in [4.69, 9.17) is 16.3 Å². The van der Waals surface area contributed by atoms with E-state index in [0.29, 0.717) is 29.1 Å². The summed E-state index contributed by atoms with van der Waals surface area (Å²) in [5, 5.41) is 20.9. The number of aliphatic carboxylic acids is 1. The van der Waals surface area contributed by atoms with Crippen molar-refractivity contribution < 1.29 is 29.3 Å². The van der Waals surface area contributed by atoms with E-state index in [9.17, 15) is 24.6 Å². The molecule has 2 aromatic rings. The van der Waals surface area contributed by atoms with E-state index in [-0.39, 0.29) is 6.54 Å². The van der Waals surface area contributed by atoms with Crippen LogP contribution < -0.4 is 4.90 Å². The summed E-state index contributed by atoms with van der Waals surface area (Å²) in [4.78, 5) is 43.5. The summed E-state index contributed by atoms with van der Waals surface area (Å²) in [7, 11) is 0. The van der Waals surface area contributed by atoms with Crippen molar-refractivity contribution in [2.24, 2.45) is 11.8 Å². The maximum Gasteiger partial charge on any atom is 0.310 e. The second-order valence-electron chi connectivity index (χ2n) is 9.46. The predicted molar refractivity (Wildman–Crippen MR) is 132 cm³/mol. The van der Waals surface area contributed by atoms with E-state index in [1.807, 2.05) is 6.07 Å². The summed E-state index contributed by atoms with van der Waals surface area (Å²) in [6.45, 7) is 3.50. The number of fused-ring (bicyclic) bond motifs is 1. The number of hydrogen-bond donors (Lipinski definition) is 2. The van der Waals surface area contributed by atoms with Crippen LogP contribution in [-0.2, 0) is 19.1 Å². The van der Waals surface area contributed by atoms with Crippen LogP contribution in [0.25, 0.3) is 0 Å². The smallest absolute Gasteiger partial charge is 0.310 e. The second kappa shape index (κ2) is 9.35. The topological polar surface area (TPSA) is 107 Å². The first-order chi connectivity index (χ1) is 17.3. The maximum absolute atomic E-state index is 14.4. The fraction of sp³-hybridized carbons (Fsp3) is 0.370. The van der Waals surface area contributed by atoms with Crippen molar-refractivity contribution in [3.63, 3.8) is 0 Å². The van der Waals surface area contributed by atoms with Crippen LogP contribution in [0, 0.1) is 11.8 Å². The number of likely N-dealkylation sites (tertiary alicyclic amines) is 1. The van der Waals surface area contributed by atoms with E-state index in [0.717, 1.165) is 0 Å². The van der Waals surface area contributed by atoms with Crippen LogP contribution in [0.1, 0.15) is 24.4 Å². The molecule has 3 fully saturated rings. The van der Waals surface area contributed by atoms with Gasteiger partial charge in [-0.2, -0.15) is 0 Å². The van der Waals surface area contributed by atoms with Gasteiger partial charge in [0.15, 0.2) is 0 Å². The van der Waals surface area contributed by atoms with Gasteiger partial charge in [-0.15, -0.1) is 6.58 Å².